The molecule has 0 radical (unpaired) electrons. The van der Waals surface area contributed by atoms with Crippen molar-refractivity contribution in [1.82, 2.24) is 15.6 Å². The van der Waals surface area contributed by atoms with Crippen LogP contribution < -0.4 is 16.6 Å². The third-order valence-corrected chi connectivity index (χ3v) is 4.18. The average molecular weight is 282 g/mol. The molecule has 0 atom stereocenters. The van der Waals surface area contributed by atoms with Crippen molar-refractivity contribution in [2.75, 3.05) is 26.2 Å². The molecule has 0 spiro atoms. The topological polar surface area (TPSA) is 87.5 Å². The number of nitrogens with one attached hydrogen (secondary N) is 2. The molecular weight excluding hydrogens is 264 g/mol. The number of nitrogens with two attached hydrogens (primary N) is 1. The number of carbonyl (C=O) groups is 2. The summed E-state index contributed by atoms with van der Waals surface area (Å²) in [5.41, 5.74) is 2.05. The zero-order valence-electron chi connectivity index (χ0n) is 10.6. The summed E-state index contributed by atoms with van der Waals surface area (Å²) >= 11 is 1.14. The highest BCUT2D eigenvalue weighted by molar-refractivity contribution is 7.15. The molecule has 0 bridgehead atoms. The summed E-state index contributed by atoms with van der Waals surface area (Å²) < 4.78 is 0. The number of nitrogens with zero attached hydrogens (tertiary/aromatic N) is 1. The van der Waals surface area contributed by atoms with Gasteiger partial charge in [0.25, 0.3) is 11.8 Å². The maximum absolute atomic E-state index is 11.9. The Kier molecular flexibility index (Phi) is 4.89. The Hall–Kier alpha value is -1.44. The van der Waals surface area contributed by atoms with Crippen LogP contribution in [0.2, 0.25) is 0 Å². The lowest BCUT2D eigenvalue weighted by molar-refractivity contribution is 0.0949. The van der Waals surface area contributed by atoms with Gasteiger partial charge in [0.1, 0.15) is 0 Å². The van der Waals surface area contributed by atoms with Crippen molar-refractivity contribution in [3.05, 3.63) is 21.9 Å². The van der Waals surface area contributed by atoms with Gasteiger partial charge in [0.2, 0.25) is 0 Å². The normalized spacial score (nSPS) is 15.4. The molecule has 6 nitrogen and oxygen atoms in total. The fourth-order valence-electron chi connectivity index (χ4n) is 2.07. The van der Waals surface area contributed by atoms with Crippen molar-refractivity contribution < 1.29 is 9.59 Å². The fraction of sp³-hybridized carbons (Fsp3) is 0.500. The van der Waals surface area contributed by atoms with Crippen LogP contribution in [0.3, 0.4) is 0 Å². The summed E-state index contributed by atoms with van der Waals surface area (Å²) in [7, 11) is 0. The number of hydrazine groups is 1. The van der Waals surface area contributed by atoms with Gasteiger partial charge in [0.05, 0.1) is 9.75 Å². The zero-order chi connectivity index (χ0) is 13.7. The molecule has 1 aliphatic rings. The Bertz CT molecular complexity index is 454. The quantitative estimate of drug-likeness (QED) is 0.408. The van der Waals surface area contributed by atoms with Crippen LogP contribution in [0.4, 0.5) is 0 Å². The van der Waals surface area contributed by atoms with Gasteiger partial charge in [-0.25, -0.2) is 5.84 Å². The fourth-order valence-corrected chi connectivity index (χ4v) is 2.90. The molecule has 19 heavy (non-hydrogen) atoms. The molecule has 7 heteroatoms. The summed E-state index contributed by atoms with van der Waals surface area (Å²) in [6.07, 6.45) is 2.49. The summed E-state index contributed by atoms with van der Waals surface area (Å²) in [4.78, 5) is 26.4. The lowest BCUT2D eigenvalue weighted by Crippen LogP contribution is -2.33. The highest BCUT2D eigenvalue weighted by atomic mass is 32.1. The van der Waals surface area contributed by atoms with Gasteiger partial charge in [-0.1, -0.05) is 0 Å². The molecule has 1 aliphatic heterocycles. The lowest BCUT2D eigenvalue weighted by atomic mass is 10.4. The van der Waals surface area contributed by atoms with Crippen LogP contribution in [0.15, 0.2) is 12.1 Å². The number of thiophene rings is 1. The lowest BCUT2D eigenvalue weighted by Gasteiger charge is -2.14. The van der Waals surface area contributed by atoms with Gasteiger partial charge < -0.3 is 10.2 Å². The van der Waals surface area contributed by atoms with E-state index in [9.17, 15) is 9.59 Å². The number of nitrogen functional groups attached to an aromatic ring is 1. The maximum atomic E-state index is 11.9. The van der Waals surface area contributed by atoms with Gasteiger partial charge >= 0.3 is 0 Å². The minimum Gasteiger partial charge on any atom is -0.350 e. The van der Waals surface area contributed by atoms with Gasteiger partial charge in [-0.2, -0.15) is 0 Å². The first-order valence-corrected chi connectivity index (χ1v) is 7.13. The van der Waals surface area contributed by atoms with Gasteiger partial charge in [-0.3, -0.25) is 15.0 Å². The molecule has 0 aromatic carbocycles. The minimum absolute atomic E-state index is 0.139. The molecule has 1 aromatic rings. The van der Waals surface area contributed by atoms with Crippen LogP contribution in [0.25, 0.3) is 0 Å². The van der Waals surface area contributed by atoms with E-state index in [0.29, 0.717) is 16.3 Å². The van der Waals surface area contributed by atoms with E-state index < -0.39 is 0 Å². The molecular formula is C12H18N4O2S. The van der Waals surface area contributed by atoms with Crippen LogP contribution >= 0.6 is 11.3 Å². The van der Waals surface area contributed by atoms with Crippen molar-refractivity contribution in [1.29, 1.82) is 0 Å². The first-order chi connectivity index (χ1) is 9.20. The molecule has 0 saturated carbocycles. The number of hydrogen-bond donors (Lipinski definition) is 3. The first kappa shape index (κ1) is 14.0. The second-order valence-electron chi connectivity index (χ2n) is 4.44. The molecule has 2 amide bonds. The van der Waals surface area contributed by atoms with E-state index >= 15 is 0 Å². The van der Waals surface area contributed by atoms with E-state index in [2.05, 4.69) is 10.2 Å². The molecule has 1 aromatic heterocycles. The summed E-state index contributed by atoms with van der Waals surface area (Å²) in [6.45, 7) is 3.76. The number of amides is 2. The Labute approximate surface area is 115 Å². The minimum atomic E-state index is -0.374. The van der Waals surface area contributed by atoms with E-state index in [-0.39, 0.29) is 11.8 Å². The third kappa shape index (κ3) is 3.76. The van der Waals surface area contributed by atoms with Gasteiger partial charge in [0, 0.05) is 13.1 Å². The highest BCUT2D eigenvalue weighted by Crippen LogP contribution is 2.16. The number of carbonyl (C=O) groups excluding carboxylic acids is 2. The molecule has 0 aliphatic carbocycles. The second kappa shape index (κ2) is 6.65. The van der Waals surface area contributed by atoms with Gasteiger partial charge in [-0.15, -0.1) is 11.3 Å². The second-order valence-corrected chi connectivity index (χ2v) is 5.53. The third-order valence-electron chi connectivity index (χ3n) is 3.10. The predicted octanol–water partition coefficient (Wildman–Crippen LogP) is 0.177. The number of likely N-dealkylation sites (tertiary alicyclic amines) is 1. The molecule has 4 N–H and O–H groups in total. The maximum Gasteiger partial charge on any atom is 0.275 e. The molecule has 1 saturated heterocycles. The van der Waals surface area contributed by atoms with Crippen LogP contribution in [-0.4, -0.2) is 42.9 Å². The monoisotopic (exact) mass is 282 g/mol. The van der Waals surface area contributed by atoms with E-state index in [0.717, 1.165) is 31.0 Å². The molecule has 1 fully saturated rings. The van der Waals surface area contributed by atoms with Crippen molar-refractivity contribution in [2.45, 2.75) is 12.8 Å². The van der Waals surface area contributed by atoms with Crippen molar-refractivity contribution >= 4 is 23.2 Å². The first-order valence-electron chi connectivity index (χ1n) is 6.32. The Balaban J connectivity index is 1.79. The van der Waals surface area contributed by atoms with Crippen molar-refractivity contribution in [2.24, 2.45) is 5.84 Å². The average Bonchev–Trinajstić information content (AvgIpc) is 3.08. The number of rotatable bonds is 5. The van der Waals surface area contributed by atoms with Crippen LogP contribution in [-0.2, 0) is 0 Å². The predicted molar refractivity (Wildman–Crippen MR) is 74.0 cm³/mol. The van der Waals surface area contributed by atoms with E-state index in [1.807, 2.05) is 5.43 Å². The SMILES string of the molecule is NNC(=O)c1ccc(C(=O)NCCN2CCCC2)s1. The number of hydrogen-bond acceptors (Lipinski definition) is 5. The molecule has 2 heterocycles. The highest BCUT2D eigenvalue weighted by Gasteiger charge is 2.14. The molecule has 0 unspecified atom stereocenters. The largest absolute Gasteiger partial charge is 0.350 e. The van der Waals surface area contributed by atoms with Crippen LogP contribution in [0.5, 0.6) is 0 Å². The molecule has 104 valence electrons. The summed E-state index contributed by atoms with van der Waals surface area (Å²) in [5.74, 6) is 4.53. The zero-order valence-corrected chi connectivity index (χ0v) is 11.5. The van der Waals surface area contributed by atoms with Crippen LogP contribution in [0.1, 0.15) is 32.2 Å². The Morgan fingerprint density at radius 1 is 1.21 bits per heavy atom. The van der Waals surface area contributed by atoms with Crippen LogP contribution in [0, 0.1) is 0 Å². The van der Waals surface area contributed by atoms with E-state index in [1.165, 1.54) is 12.8 Å². The van der Waals surface area contributed by atoms with Crippen molar-refractivity contribution in [3.63, 3.8) is 0 Å². The molecule has 2 rings (SSSR count). The standard InChI is InChI=1S/C12H18N4O2S/c13-15-12(18)10-4-3-9(19-10)11(17)14-5-8-16-6-1-2-7-16/h3-4H,1-2,5-8,13H2,(H,14,17)(H,15,18). The van der Waals surface area contributed by atoms with E-state index in [4.69, 9.17) is 5.84 Å². The van der Waals surface area contributed by atoms with Gasteiger partial charge in [0.15, 0.2) is 0 Å². The Morgan fingerprint density at radius 2 is 1.84 bits per heavy atom. The summed E-state index contributed by atoms with van der Waals surface area (Å²) in [6, 6.07) is 3.24. The van der Waals surface area contributed by atoms with E-state index in [1.54, 1.807) is 12.1 Å². The smallest absolute Gasteiger partial charge is 0.275 e. The summed E-state index contributed by atoms with van der Waals surface area (Å²) in [5, 5.41) is 2.86. The van der Waals surface area contributed by atoms with Crippen molar-refractivity contribution in [3.8, 4) is 0 Å². The Morgan fingerprint density at radius 3 is 2.47 bits per heavy atom. The van der Waals surface area contributed by atoms with Gasteiger partial charge in [-0.05, 0) is 38.1 Å².